The van der Waals surface area contributed by atoms with Crippen molar-refractivity contribution in [2.24, 2.45) is 0 Å². The topological polar surface area (TPSA) is 37.3 Å². The van der Waals surface area contributed by atoms with E-state index >= 15 is 0 Å². The highest BCUT2D eigenvalue weighted by molar-refractivity contribution is 5.66. The number of unbranched alkanes of at least 4 members (excludes halogenated alkanes) is 13. The smallest absolute Gasteiger partial charge is 0.303 e. The van der Waals surface area contributed by atoms with Crippen LogP contribution >= 0.6 is 0 Å². The second-order valence-corrected chi connectivity index (χ2v) is 7.13. The fourth-order valence-corrected chi connectivity index (χ4v) is 2.96. The molecule has 0 radical (unpaired) electrons. The minimum Gasteiger partial charge on any atom is -0.481 e. The van der Waals surface area contributed by atoms with E-state index in [0.717, 1.165) is 25.7 Å². The summed E-state index contributed by atoms with van der Waals surface area (Å²) in [5, 5.41) is 8.53. The highest BCUT2D eigenvalue weighted by Crippen LogP contribution is 2.12. The summed E-state index contributed by atoms with van der Waals surface area (Å²) in [5.41, 5.74) is 0. The summed E-state index contributed by atoms with van der Waals surface area (Å²) < 4.78 is 0. The quantitative estimate of drug-likeness (QED) is 0.190. The first kappa shape index (κ1) is 23.9. The van der Waals surface area contributed by atoms with E-state index in [9.17, 15) is 4.79 Å². The van der Waals surface area contributed by atoms with Crippen molar-refractivity contribution in [1.29, 1.82) is 0 Å². The summed E-state index contributed by atoms with van der Waals surface area (Å²) in [6, 6.07) is 0. The van der Waals surface area contributed by atoms with Gasteiger partial charge in [-0.3, -0.25) is 4.79 Å². The molecular weight excluding hydrogens is 308 g/mol. The summed E-state index contributed by atoms with van der Waals surface area (Å²) in [6.45, 7) is 2.28. The Hall–Kier alpha value is -1.05. The van der Waals surface area contributed by atoms with Gasteiger partial charge in [-0.05, 0) is 38.5 Å². The number of rotatable bonds is 19. The van der Waals surface area contributed by atoms with Crippen molar-refractivity contribution in [1.82, 2.24) is 0 Å². The first-order valence-electron chi connectivity index (χ1n) is 10.8. The molecule has 2 heteroatoms. The number of aliphatic carboxylic acids is 1. The zero-order chi connectivity index (χ0) is 18.4. The Balaban J connectivity index is 3.15. The molecular formula is C23H42O2. The molecule has 0 unspecified atom stereocenters. The Bertz CT molecular complexity index is 331. The lowest BCUT2D eigenvalue weighted by atomic mass is 10.1. The van der Waals surface area contributed by atoms with Crippen molar-refractivity contribution in [3.05, 3.63) is 24.3 Å². The SMILES string of the molecule is CCCCCCCCCCCCC/C=C\CC/C=C\CCCC(=O)O. The van der Waals surface area contributed by atoms with E-state index in [1.54, 1.807) is 0 Å². The Labute approximate surface area is 156 Å². The summed E-state index contributed by atoms with van der Waals surface area (Å²) >= 11 is 0. The Kier molecular flexibility index (Phi) is 20.1. The fourth-order valence-electron chi connectivity index (χ4n) is 2.96. The van der Waals surface area contributed by atoms with Crippen LogP contribution < -0.4 is 0 Å². The molecule has 2 nitrogen and oxygen atoms in total. The molecule has 0 heterocycles. The van der Waals surface area contributed by atoms with Crippen LogP contribution in [-0.2, 0) is 4.79 Å². The predicted octanol–water partition coefficient (Wildman–Crippen LogP) is 7.84. The molecule has 0 aliphatic rings. The van der Waals surface area contributed by atoms with Crippen LogP contribution in [0.1, 0.15) is 116 Å². The maximum Gasteiger partial charge on any atom is 0.303 e. The average molecular weight is 351 g/mol. The molecule has 0 aromatic carbocycles. The van der Waals surface area contributed by atoms with Gasteiger partial charge in [-0.1, -0.05) is 95.4 Å². The number of hydrogen-bond acceptors (Lipinski definition) is 1. The normalized spacial score (nSPS) is 11.7. The fraction of sp³-hybridized carbons (Fsp3) is 0.783. The molecule has 25 heavy (non-hydrogen) atoms. The number of hydrogen-bond donors (Lipinski definition) is 1. The lowest BCUT2D eigenvalue weighted by Gasteiger charge is -2.01. The highest BCUT2D eigenvalue weighted by atomic mass is 16.4. The van der Waals surface area contributed by atoms with E-state index in [-0.39, 0.29) is 6.42 Å². The van der Waals surface area contributed by atoms with Crippen LogP contribution in [0.3, 0.4) is 0 Å². The van der Waals surface area contributed by atoms with Crippen LogP contribution in [-0.4, -0.2) is 11.1 Å². The number of carboxylic acids is 1. The first-order valence-corrected chi connectivity index (χ1v) is 10.8. The molecule has 0 amide bonds. The Morgan fingerprint density at radius 2 is 1.00 bits per heavy atom. The van der Waals surface area contributed by atoms with Gasteiger partial charge >= 0.3 is 5.97 Å². The van der Waals surface area contributed by atoms with E-state index in [1.807, 2.05) is 0 Å². The van der Waals surface area contributed by atoms with Gasteiger partial charge in [0.2, 0.25) is 0 Å². The van der Waals surface area contributed by atoms with Crippen LogP contribution in [0.5, 0.6) is 0 Å². The van der Waals surface area contributed by atoms with E-state index in [1.165, 1.54) is 77.0 Å². The molecule has 146 valence electrons. The molecule has 0 aromatic heterocycles. The van der Waals surface area contributed by atoms with Gasteiger partial charge < -0.3 is 5.11 Å². The summed E-state index contributed by atoms with van der Waals surface area (Å²) in [7, 11) is 0. The lowest BCUT2D eigenvalue weighted by Crippen LogP contribution is -1.92. The van der Waals surface area contributed by atoms with Crippen molar-refractivity contribution in [3.63, 3.8) is 0 Å². The van der Waals surface area contributed by atoms with Crippen LogP contribution in [0.25, 0.3) is 0 Å². The molecule has 0 saturated heterocycles. The predicted molar refractivity (Wildman–Crippen MR) is 110 cm³/mol. The molecule has 0 aliphatic carbocycles. The van der Waals surface area contributed by atoms with Crippen molar-refractivity contribution in [3.8, 4) is 0 Å². The van der Waals surface area contributed by atoms with Gasteiger partial charge in [-0.25, -0.2) is 0 Å². The van der Waals surface area contributed by atoms with Gasteiger partial charge in [0.05, 0.1) is 0 Å². The third-order valence-electron chi connectivity index (χ3n) is 4.57. The van der Waals surface area contributed by atoms with Crippen molar-refractivity contribution in [2.75, 3.05) is 0 Å². The third kappa shape index (κ3) is 22.9. The minimum absolute atomic E-state index is 0.281. The van der Waals surface area contributed by atoms with Gasteiger partial charge in [0.15, 0.2) is 0 Å². The molecule has 0 fully saturated rings. The van der Waals surface area contributed by atoms with Gasteiger partial charge in [-0.15, -0.1) is 0 Å². The lowest BCUT2D eigenvalue weighted by molar-refractivity contribution is -0.137. The van der Waals surface area contributed by atoms with Crippen LogP contribution in [0.4, 0.5) is 0 Å². The van der Waals surface area contributed by atoms with Crippen LogP contribution in [0.2, 0.25) is 0 Å². The summed E-state index contributed by atoms with van der Waals surface area (Å²) in [4.78, 5) is 10.4. The second kappa shape index (κ2) is 21.0. The van der Waals surface area contributed by atoms with Crippen LogP contribution in [0.15, 0.2) is 24.3 Å². The maximum absolute atomic E-state index is 10.4. The number of carbonyl (C=O) groups is 1. The first-order chi connectivity index (χ1) is 12.3. The van der Waals surface area contributed by atoms with E-state index in [2.05, 4.69) is 31.2 Å². The maximum atomic E-state index is 10.4. The van der Waals surface area contributed by atoms with Crippen molar-refractivity contribution < 1.29 is 9.90 Å². The molecule has 0 aromatic rings. The summed E-state index contributed by atoms with van der Waals surface area (Å²) in [5.74, 6) is -0.696. The third-order valence-corrected chi connectivity index (χ3v) is 4.57. The number of carboxylic acid groups (broad SMARTS) is 1. The zero-order valence-electron chi connectivity index (χ0n) is 16.7. The second-order valence-electron chi connectivity index (χ2n) is 7.13. The Morgan fingerprint density at radius 3 is 1.48 bits per heavy atom. The zero-order valence-corrected chi connectivity index (χ0v) is 16.7. The average Bonchev–Trinajstić information content (AvgIpc) is 2.60. The highest BCUT2D eigenvalue weighted by Gasteiger charge is 1.93. The van der Waals surface area contributed by atoms with E-state index in [4.69, 9.17) is 5.11 Å². The molecule has 0 aliphatic heterocycles. The van der Waals surface area contributed by atoms with E-state index in [0.29, 0.717) is 0 Å². The molecule has 0 atom stereocenters. The Morgan fingerprint density at radius 1 is 0.600 bits per heavy atom. The van der Waals surface area contributed by atoms with Gasteiger partial charge in [-0.2, -0.15) is 0 Å². The van der Waals surface area contributed by atoms with Gasteiger partial charge in [0.25, 0.3) is 0 Å². The molecule has 1 N–H and O–H groups in total. The monoisotopic (exact) mass is 350 g/mol. The molecule has 0 spiro atoms. The molecule has 0 bridgehead atoms. The van der Waals surface area contributed by atoms with E-state index < -0.39 is 5.97 Å². The largest absolute Gasteiger partial charge is 0.481 e. The van der Waals surface area contributed by atoms with Gasteiger partial charge in [0, 0.05) is 6.42 Å². The summed E-state index contributed by atoms with van der Waals surface area (Å²) in [6.07, 6.45) is 29.7. The standard InChI is InChI=1S/C23H42O2/c1-2-3-4-5-6-7-8-9-10-11-12-13-14-15-16-17-18-19-20-21-22-23(24)25/h14-15,18-19H,2-13,16-17,20-22H2,1H3,(H,24,25)/b15-14-,19-18-. The molecule has 0 saturated carbocycles. The van der Waals surface area contributed by atoms with Crippen molar-refractivity contribution >= 4 is 5.97 Å². The van der Waals surface area contributed by atoms with Gasteiger partial charge in [0.1, 0.15) is 0 Å². The van der Waals surface area contributed by atoms with Crippen molar-refractivity contribution in [2.45, 2.75) is 116 Å². The minimum atomic E-state index is -0.696. The van der Waals surface area contributed by atoms with Crippen LogP contribution in [0, 0.1) is 0 Å². The number of allylic oxidation sites excluding steroid dienone is 4. The molecule has 0 rings (SSSR count).